The molecule has 28 heavy (non-hydrogen) atoms. The Labute approximate surface area is 165 Å². The van der Waals surface area contributed by atoms with E-state index < -0.39 is 0 Å². The first kappa shape index (κ1) is 19.6. The molecular weight excluding hydrogens is 352 g/mol. The van der Waals surface area contributed by atoms with E-state index in [2.05, 4.69) is 31.2 Å². The molecule has 0 aliphatic heterocycles. The van der Waals surface area contributed by atoms with Crippen molar-refractivity contribution >= 4 is 5.78 Å². The van der Waals surface area contributed by atoms with E-state index in [9.17, 15) is 4.79 Å². The quantitative estimate of drug-likeness (QED) is 0.406. The molecule has 0 amide bonds. The molecule has 4 nitrogen and oxygen atoms in total. The van der Waals surface area contributed by atoms with Gasteiger partial charge in [0.1, 0.15) is 11.5 Å². The summed E-state index contributed by atoms with van der Waals surface area (Å²) >= 11 is 0. The van der Waals surface area contributed by atoms with Crippen LogP contribution in [0.25, 0.3) is 11.1 Å². The standard InChI is InChI=1S/C24H24O4/c1-17-4-6-18(7-5-17)20-10-13-24(28-16-26-2)21(14-20)15-23(25)19-8-11-22(27-3)12-9-19/h4-14H,15-16H2,1-3H3. The fraction of sp³-hybridized carbons (Fsp3) is 0.208. The number of hydrogen-bond acceptors (Lipinski definition) is 4. The molecule has 3 aromatic rings. The molecule has 0 atom stereocenters. The fourth-order valence-electron chi connectivity index (χ4n) is 2.96. The molecule has 0 radical (unpaired) electrons. The third kappa shape index (κ3) is 4.78. The topological polar surface area (TPSA) is 44.8 Å². The lowest BCUT2D eigenvalue weighted by atomic mass is 9.97. The van der Waals surface area contributed by atoms with Crippen LogP contribution in [0, 0.1) is 6.92 Å². The number of benzene rings is 3. The molecule has 0 aliphatic rings. The number of ketones is 1. The normalized spacial score (nSPS) is 10.5. The number of ether oxygens (including phenoxy) is 3. The van der Waals surface area contributed by atoms with Crippen LogP contribution in [-0.4, -0.2) is 26.8 Å². The summed E-state index contributed by atoms with van der Waals surface area (Å²) in [4.78, 5) is 12.8. The van der Waals surface area contributed by atoms with Crippen molar-refractivity contribution in [1.29, 1.82) is 0 Å². The van der Waals surface area contributed by atoms with Gasteiger partial charge in [0.15, 0.2) is 12.6 Å². The van der Waals surface area contributed by atoms with E-state index in [1.807, 2.05) is 18.2 Å². The van der Waals surface area contributed by atoms with E-state index in [1.165, 1.54) is 5.56 Å². The van der Waals surface area contributed by atoms with E-state index in [-0.39, 0.29) is 19.0 Å². The van der Waals surface area contributed by atoms with Crippen LogP contribution in [0.3, 0.4) is 0 Å². The van der Waals surface area contributed by atoms with Gasteiger partial charge in [0.2, 0.25) is 0 Å². The number of carbonyl (C=O) groups excluding carboxylic acids is 1. The van der Waals surface area contributed by atoms with Gasteiger partial charge in [-0.3, -0.25) is 4.79 Å². The maximum absolute atomic E-state index is 12.8. The molecule has 144 valence electrons. The van der Waals surface area contributed by atoms with Crippen molar-refractivity contribution in [3.63, 3.8) is 0 Å². The minimum atomic E-state index is 0.0194. The van der Waals surface area contributed by atoms with Crippen molar-refractivity contribution in [3.8, 4) is 22.6 Å². The fourth-order valence-corrected chi connectivity index (χ4v) is 2.96. The van der Waals surface area contributed by atoms with E-state index in [0.29, 0.717) is 11.3 Å². The highest BCUT2D eigenvalue weighted by Gasteiger charge is 2.13. The largest absolute Gasteiger partial charge is 0.497 e. The molecule has 3 aromatic carbocycles. The Balaban J connectivity index is 1.89. The molecule has 0 aromatic heterocycles. The van der Waals surface area contributed by atoms with Gasteiger partial charge >= 0.3 is 0 Å². The van der Waals surface area contributed by atoms with Crippen molar-refractivity contribution in [1.82, 2.24) is 0 Å². The van der Waals surface area contributed by atoms with Crippen molar-refractivity contribution in [3.05, 3.63) is 83.4 Å². The third-order valence-corrected chi connectivity index (χ3v) is 4.54. The molecule has 0 bridgehead atoms. The molecule has 0 saturated carbocycles. The summed E-state index contributed by atoms with van der Waals surface area (Å²) in [6, 6.07) is 21.3. The van der Waals surface area contributed by atoms with Gasteiger partial charge < -0.3 is 14.2 Å². The summed E-state index contributed by atoms with van der Waals surface area (Å²) in [7, 11) is 3.18. The molecule has 3 rings (SSSR count). The van der Waals surface area contributed by atoms with Crippen LogP contribution in [0.15, 0.2) is 66.7 Å². The molecule has 0 heterocycles. The van der Waals surface area contributed by atoms with Gasteiger partial charge in [0, 0.05) is 24.7 Å². The zero-order valence-electron chi connectivity index (χ0n) is 16.4. The second-order valence-corrected chi connectivity index (χ2v) is 6.57. The number of Topliss-reactive ketones (excluding diaryl/α,β-unsaturated/α-hetero) is 1. The first-order valence-corrected chi connectivity index (χ1v) is 9.09. The summed E-state index contributed by atoms with van der Waals surface area (Å²) in [6.07, 6.45) is 0.241. The Morgan fingerprint density at radius 1 is 0.857 bits per heavy atom. The Kier molecular flexibility index (Phi) is 6.45. The zero-order valence-corrected chi connectivity index (χ0v) is 16.4. The minimum Gasteiger partial charge on any atom is -0.497 e. The van der Waals surface area contributed by atoms with Crippen LogP contribution in [0.2, 0.25) is 0 Å². The second-order valence-electron chi connectivity index (χ2n) is 6.57. The number of hydrogen-bond donors (Lipinski definition) is 0. The van der Waals surface area contributed by atoms with Gasteiger partial charge in [-0.15, -0.1) is 0 Å². The van der Waals surface area contributed by atoms with E-state index in [1.54, 1.807) is 38.5 Å². The van der Waals surface area contributed by atoms with Crippen molar-refractivity contribution < 1.29 is 19.0 Å². The molecule has 0 aliphatic carbocycles. The van der Waals surface area contributed by atoms with Crippen LogP contribution < -0.4 is 9.47 Å². The Morgan fingerprint density at radius 2 is 1.54 bits per heavy atom. The lowest BCUT2D eigenvalue weighted by molar-refractivity contribution is 0.0503. The highest BCUT2D eigenvalue weighted by molar-refractivity contribution is 5.98. The molecule has 0 spiro atoms. The number of carbonyl (C=O) groups is 1. The van der Waals surface area contributed by atoms with E-state index in [4.69, 9.17) is 14.2 Å². The number of methoxy groups -OCH3 is 2. The van der Waals surface area contributed by atoms with Crippen LogP contribution in [0.4, 0.5) is 0 Å². The second kappa shape index (κ2) is 9.20. The minimum absolute atomic E-state index is 0.0194. The molecule has 0 fully saturated rings. The maximum Gasteiger partial charge on any atom is 0.188 e. The number of aryl methyl sites for hydroxylation is 1. The Morgan fingerprint density at radius 3 is 2.18 bits per heavy atom. The van der Waals surface area contributed by atoms with E-state index >= 15 is 0 Å². The Bertz CT molecular complexity index is 928. The summed E-state index contributed by atoms with van der Waals surface area (Å²) in [6.45, 7) is 2.19. The third-order valence-electron chi connectivity index (χ3n) is 4.54. The lowest BCUT2D eigenvalue weighted by Gasteiger charge is -2.13. The maximum atomic E-state index is 12.8. The SMILES string of the molecule is COCOc1ccc(-c2ccc(C)cc2)cc1CC(=O)c1ccc(OC)cc1. The summed E-state index contributed by atoms with van der Waals surface area (Å²) in [5.41, 5.74) is 4.82. The molecule has 4 heteroatoms. The summed E-state index contributed by atoms with van der Waals surface area (Å²) < 4.78 is 15.9. The first-order valence-electron chi connectivity index (χ1n) is 9.09. The summed E-state index contributed by atoms with van der Waals surface area (Å²) in [5.74, 6) is 1.40. The predicted octanol–water partition coefficient (Wildman–Crippen LogP) is 5.08. The van der Waals surface area contributed by atoms with Gasteiger partial charge in [-0.2, -0.15) is 0 Å². The molecule has 0 unspecified atom stereocenters. The van der Waals surface area contributed by atoms with Crippen molar-refractivity contribution in [2.24, 2.45) is 0 Å². The number of rotatable bonds is 8. The predicted molar refractivity (Wildman–Crippen MR) is 110 cm³/mol. The highest BCUT2D eigenvalue weighted by Crippen LogP contribution is 2.28. The first-order chi connectivity index (χ1) is 13.6. The monoisotopic (exact) mass is 376 g/mol. The molecule has 0 saturated heterocycles. The van der Waals surface area contributed by atoms with Gasteiger partial charge in [-0.05, 0) is 54.4 Å². The van der Waals surface area contributed by atoms with Gasteiger partial charge in [0.25, 0.3) is 0 Å². The van der Waals surface area contributed by atoms with Crippen molar-refractivity contribution in [2.45, 2.75) is 13.3 Å². The average molecular weight is 376 g/mol. The Hall–Kier alpha value is -3.11. The molecule has 0 N–H and O–H groups in total. The van der Waals surface area contributed by atoms with Gasteiger partial charge in [-0.25, -0.2) is 0 Å². The average Bonchev–Trinajstić information content (AvgIpc) is 2.73. The van der Waals surface area contributed by atoms with Gasteiger partial charge in [0.05, 0.1) is 7.11 Å². The van der Waals surface area contributed by atoms with Crippen molar-refractivity contribution in [2.75, 3.05) is 21.0 Å². The smallest absolute Gasteiger partial charge is 0.188 e. The molecular formula is C24H24O4. The van der Waals surface area contributed by atoms with E-state index in [0.717, 1.165) is 22.4 Å². The zero-order chi connectivity index (χ0) is 19.9. The van der Waals surface area contributed by atoms with Crippen LogP contribution in [-0.2, 0) is 11.2 Å². The highest BCUT2D eigenvalue weighted by atomic mass is 16.7. The van der Waals surface area contributed by atoms with Crippen LogP contribution in [0.1, 0.15) is 21.5 Å². The van der Waals surface area contributed by atoms with Crippen LogP contribution >= 0.6 is 0 Å². The van der Waals surface area contributed by atoms with Gasteiger partial charge in [-0.1, -0.05) is 35.9 Å². The lowest BCUT2D eigenvalue weighted by Crippen LogP contribution is -2.07. The van der Waals surface area contributed by atoms with Crippen LogP contribution in [0.5, 0.6) is 11.5 Å². The summed E-state index contributed by atoms with van der Waals surface area (Å²) in [5, 5.41) is 0.